The van der Waals surface area contributed by atoms with Crippen LogP contribution < -0.4 is 24.4 Å². The quantitative estimate of drug-likeness (QED) is 0.446. The molecular formula is C26H27ClN4O4S. The first-order chi connectivity index (χ1) is 17.2. The van der Waals surface area contributed by atoms with Crippen LogP contribution in [0.3, 0.4) is 0 Å². The molecule has 188 valence electrons. The van der Waals surface area contributed by atoms with Gasteiger partial charge in [0, 0.05) is 25.2 Å². The molecule has 0 spiro atoms. The highest BCUT2D eigenvalue weighted by molar-refractivity contribution is 7.92. The van der Waals surface area contributed by atoms with Gasteiger partial charge in [-0.1, -0.05) is 17.7 Å². The summed E-state index contributed by atoms with van der Waals surface area (Å²) in [7, 11) is -2.26. The second kappa shape index (κ2) is 10.7. The number of anilines is 2. The molecule has 0 radical (unpaired) electrons. The first-order valence-electron chi connectivity index (χ1n) is 11.4. The number of nitriles is 1. The molecular weight excluding hydrogens is 500 g/mol. The van der Waals surface area contributed by atoms with Gasteiger partial charge in [-0.15, -0.1) is 0 Å². The van der Waals surface area contributed by atoms with Gasteiger partial charge in [0.1, 0.15) is 28.9 Å². The lowest BCUT2D eigenvalue weighted by Crippen LogP contribution is -2.54. The summed E-state index contributed by atoms with van der Waals surface area (Å²) in [5.74, 6) is 1.35. The molecule has 2 unspecified atom stereocenters. The van der Waals surface area contributed by atoms with Gasteiger partial charge in [0.25, 0.3) is 10.0 Å². The molecule has 0 aliphatic carbocycles. The summed E-state index contributed by atoms with van der Waals surface area (Å²) in [4.78, 5) is 2.27. The fourth-order valence-electron chi connectivity index (χ4n) is 4.25. The van der Waals surface area contributed by atoms with Crippen molar-refractivity contribution in [2.24, 2.45) is 0 Å². The van der Waals surface area contributed by atoms with Crippen LogP contribution in [-0.4, -0.2) is 40.7 Å². The summed E-state index contributed by atoms with van der Waals surface area (Å²) < 4.78 is 40.1. The Morgan fingerprint density at radius 3 is 2.39 bits per heavy atom. The Morgan fingerprint density at radius 1 is 1.06 bits per heavy atom. The smallest absolute Gasteiger partial charge is 0.261 e. The first-order valence-corrected chi connectivity index (χ1v) is 13.2. The Morgan fingerprint density at radius 2 is 1.75 bits per heavy atom. The van der Waals surface area contributed by atoms with Crippen LogP contribution in [0.5, 0.6) is 17.2 Å². The number of halogens is 1. The lowest BCUT2D eigenvalue weighted by Gasteiger charge is -2.38. The molecule has 0 saturated carbocycles. The lowest BCUT2D eigenvalue weighted by molar-refractivity contribution is 0.391. The normalized spacial score (nSPS) is 17.8. The zero-order valence-corrected chi connectivity index (χ0v) is 21.7. The molecule has 1 aliphatic rings. The Labute approximate surface area is 216 Å². The van der Waals surface area contributed by atoms with E-state index in [0.717, 1.165) is 18.8 Å². The van der Waals surface area contributed by atoms with E-state index < -0.39 is 10.0 Å². The Hall–Kier alpha value is -3.45. The molecule has 3 aromatic carbocycles. The Bertz CT molecular complexity index is 1380. The molecule has 36 heavy (non-hydrogen) atoms. The molecule has 1 aliphatic heterocycles. The van der Waals surface area contributed by atoms with Gasteiger partial charge in [0.15, 0.2) is 0 Å². The number of benzene rings is 3. The fraction of sp³-hybridized carbons (Fsp3) is 0.269. The molecule has 4 rings (SSSR count). The zero-order valence-electron chi connectivity index (χ0n) is 20.2. The van der Waals surface area contributed by atoms with Crippen LogP contribution in [0.4, 0.5) is 11.4 Å². The minimum absolute atomic E-state index is 0.0724. The van der Waals surface area contributed by atoms with E-state index in [2.05, 4.69) is 28.8 Å². The molecule has 2 atom stereocenters. The second-order valence-corrected chi connectivity index (χ2v) is 10.8. The third-order valence-electron chi connectivity index (χ3n) is 5.78. The highest BCUT2D eigenvalue weighted by Crippen LogP contribution is 2.34. The summed E-state index contributed by atoms with van der Waals surface area (Å²) >= 11 is 6.05. The molecule has 8 nitrogen and oxygen atoms in total. The standard InChI is InChI=1S/C26H27ClN4O4S/c1-17-15-31(16-18(2)29-17)24-13-19(7-12-26(24)34-3)30-36(32,33)21-10-8-20(9-11-21)35-25-6-4-5-23(27)22(25)14-28/h4-13,17-18,29-30H,15-16H2,1-3H3. The van der Waals surface area contributed by atoms with Crippen LogP contribution >= 0.6 is 11.6 Å². The van der Waals surface area contributed by atoms with E-state index in [-0.39, 0.29) is 27.6 Å². The molecule has 10 heteroatoms. The van der Waals surface area contributed by atoms with Crippen molar-refractivity contribution in [1.29, 1.82) is 5.26 Å². The van der Waals surface area contributed by atoms with Gasteiger partial charge in [-0.25, -0.2) is 8.42 Å². The van der Waals surface area contributed by atoms with Gasteiger partial charge in [-0.05, 0) is 68.4 Å². The average Bonchev–Trinajstić information content (AvgIpc) is 2.84. The van der Waals surface area contributed by atoms with Gasteiger partial charge in [-0.2, -0.15) is 5.26 Å². The number of methoxy groups -OCH3 is 1. The summed E-state index contributed by atoms with van der Waals surface area (Å²) in [6.07, 6.45) is 0. The predicted molar refractivity (Wildman–Crippen MR) is 141 cm³/mol. The third kappa shape index (κ3) is 5.68. The van der Waals surface area contributed by atoms with Crippen molar-refractivity contribution in [3.05, 3.63) is 71.2 Å². The first kappa shape index (κ1) is 25.6. The molecule has 3 aromatic rings. The number of sulfonamides is 1. The average molecular weight is 527 g/mol. The van der Waals surface area contributed by atoms with E-state index in [1.807, 2.05) is 6.07 Å². The van der Waals surface area contributed by atoms with Crippen molar-refractivity contribution in [2.45, 2.75) is 30.8 Å². The molecule has 1 heterocycles. The van der Waals surface area contributed by atoms with Gasteiger partial charge in [-0.3, -0.25) is 4.72 Å². The van der Waals surface area contributed by atoms with Crippen LogP contribution in [0.25, 0.3) is 0 Å². The van der Waals surface area contributed by atoms with Gasteiger partial charge >= 0.3 is 0 Å². The molecule has 0 bridgehead atoms. The number of hydrogen-bond acceptors (Lipinski definition) is 7. The Kier molecular flexibility index (Phi) is 7.59. The van der Waals surface area contributed by atoms with Crippen LogP contribution in [0.2, 0.25) is 5.02 Å². The van der Waals surface area contributed by atoms with E-state index in [4.69, 9.17) is 21.1 Å². The van der Waals surface area contributed by atoms with Crippen molar-refractivity contribution in [3.63, 3.8) is 0 Å². The predicted octanol–water partition coefficient (Wildman–Crippen LogP) is 5.00. The fourth-order valence-corrected chi connectivity index (χ4v) is 5.51. The number of nitrogens with one attached hydrogen (secondary N) is 2. The second-order valence-electron chi connectivity index (χ2n) is 8.66. The topological polar surface area (TPSA) is 104 Å². The summed E-state index contributed by atoms with van der Waals surface area (Å²) in [6, 6.07) is 18.7. The molecule has 0 amide bonds. The molecule has 2 N–H and O–H groups in total. The minimum Gasteiger partial charge on any atom is -0.495 e. The van der Waals surface area contributed by atoms with Crippen LogP contribution in [0, 0.1) is 11.3 Å². The summed E-state index contributed by atoms with van der Waals surface area (Å²) in [5, 5.41) is 13.1. The maximum atomic E-state index is 13.1. The van der Waals surface area contributed by atoms with E-state index in [9.17, 15) is 13.7 Å². The largest absolute Gasteiger partial charge is 0.495 e. The lowest BCUT2D eigenvalue weighted by atomic mass is 10.1. The minimum atomic E-state index is -3.86. The highest BCUT2D eigenvalue weighted by Gasteiger charge is 2.24. The van der Waals surface area contributed by atoms with Crippen LogP contribution in [-0.2, 0) is 10.0 Å². The van der Waals surface area contributed by atoms with Crippen molar-refractivity contribution in [2.75, 3.05) is 29.8 Å². The van der Waals surface area contributed by atoms with Gasteiger partial charge in [0.05, 0.1) is 28.4 Å². The Balaban J connectivity index is 1.54. The number of rotatable bonds is 7. The third-order valence-corrected chi connectivity index (χ3v) is 7.49. The molecule has 0 aromatic heterocycles. The van der Waals surface area contributed by atoms with E-state index in [1.54, 1.807) is 43.5 Å². The number of piperazine rings is 1. The monoisotopic (exact) mass is 526 g/mol. The number of nitrogens with zero attached hydrogens (tertiary/aromatic N) is 2. The van der Waals surface area contributed by atoms with Crippen molar-refractivity contribution in [3.8, 4) is 23.3 Å². The van der Waals surface area contributed by atoms with Crippen LogP contribution in [0.15, 0.2) is 65.6 Å². The van der Waals surface area contributed by atoms with Crippen molar-refractivity contribution < 1.29 is 17.9 Å². The molecule has 1 fully saturated rings. The van der Waals surface area contributed by atoms with E-state index in [0.29, 0.717) is 22.9 Å². The maximum absolute atomic E-state index is 13.1. The number of hydrogen-bond donors (Lipinski definition) is 2. The van der Waals surface area contributed by atoms with Gasteiger partial charge < -0.3 is 19.7 Å². The van der Waals surface area contributed by atoms with Crippen LogP contribution in [0.1, 0.15) is 19.4 Å². The van der Waals surface area contributed by atoms with Crippen molar-refractivity contribution >= 4 is 33.0 Å². The van der Waals surface area contributed by atoms with E-state index in [1.165, 1.54) is 24.3 Å². The van der Waals surface area contributed by atoms with Gasteiger partial charge in [0.2, 0.25) is 0 Å². The van der Waals surface area contributed by atoms with Crippen molar-refractivity contribution in [1.82, 2.24) is 5.32 Å². The highest BCUT2D eigenvalue weighted by atomic mass is 35.5. The summed E-state index contributed by atoms with van der Waals surface area (Å²) in [5.41, 5.74) is 1.47. The zero-order chi connectivity index (χ0) is 25.9. The SMILES string of the molecule is COc1ccc(NS(=O)(=O)c2ccc(Oc3cccc(Cl)c3C#N)cc2)cc1N1CC(C)NC(C)C1. The number of ether oxygens (including phenoxy) is 2. The summed E-state index contributed by atoms with van der Waals surface area (Å²) in [6.45, 7) is 5.78. The molecule has 1 saturated heterocycles. The maximum Gasteiger partial charge on any atom is 0.261 e. The van der Waals surface area contributed by atoms with E-state index >= 15 is 0 Å².